The molecule has 0 unspecified atom stereocenters. The third-order valence-corrected chi connectivity index (χ3v) is 3.09. The van der Waals surface area contributed by atoms with Gasteiger partial charge in [0.2, 0.25) is 10.0 Å². The minimum absolute atomic E-state index is 0.212. The summed E-state index contributed by atoms with van der Waals surface area (Å²) in [5.74, 6) is 5.37. The van der Waals surface area contributed by atoms with E-state index in [2.05, 4.69) is 0 Å². The number of hydrogen-bond acceptors (Lipinski definition) is 3. The van der Waals surface area contributed by atoms with Crippen molar-refractivity contribution in [3.05, 3.63) is 0 Å². The van der Waals surface area contributed by atoms with Gasteiger partial charge in [-0.25, -0.2) is 8.42 Å². The molecular formula is C4H10N2O2S. The first-order valence-corrected chi connectivity index (χ1v) is 4.49. The Morgan fingerprint density at radius 3 is 2.33 bits per heavy atom. The van der Waals surface area contributed by atoms with Crippen LogP contribution in [0.25, 0.3) is 0 Å². The van der Waals surface area contributed by atoms with Crippen molar-refractivity contribution < 1.29 is 8.42 Å². The Morgan fingerprint density at radius 1 is 1.33 bits per heavy atom. The lowest BCUT2D eigenvalue weighted by atomic mass is 10.3. The monoisotopic (exact) mass is 150 g/mol. The van der Waals surface area contributed by atoms with Crippen molar-refractivity contribution in [2.24, 2.45) is 5.84 Å². The molecule has 1 rings (SSSR count). The third-order valence-electron chi connectivity index (χ3n) is 1.39. The van der Waals surface area contributed by atoms with Crippen LogP contribution < -0.4 is 5.84 Å². The first-order valence-electron chi connectivity index (χ1n) is 2.88. The number of nitrogens with zero attached hydrogens (tertiary/aromatic N) is 1. The summed E-state index contributed by atoms with van der Waals surface area (Å²) in [6.07, 6.45) is 1.63. The fourth-order valence-corrected chi connectivity index (χ4v) is 2.02. The van der Waals surface area contributed by atoms with Crippen LogP contribution in [0.4, 0.5) is 0 Å². The SMILES string of the molecule is NN1CCCCS1(=O)=O. The topological polar surface area (TPSA) is 63.4 Å². The highest BCUT2D eigenvalue weighted by atomic mass is 32.2. The standard InChI is InChI=1S/C4H10N2O2S/c5-6-3-1-2-4-9(6,7)8/h1-5H2. The molecule has 1 aliphatic heterocycles. The lowest BCUT2D eigenvalue weighted by Gasteiger charge is -2.20. The van der Waals surface area contributed by atoms with Gasteiger partial charge in [0.1, 0.15) is 0 Å². The molecule has 0 radical (unpaired) electrons. The van der Waals surface area contributed by atoms with E-state index < -0.39 is 10.0 Å². The second-order valence-corrected chi connectivity index (χ2v) is 4.17. The highest BCUT2D eigenvalue weighted by molar-refractivity contribution is 7.89. The molecule has 1 fully saturated rings. The predicted molar refractivity (Wildman–Crippen MR) is 33.9 cm³/mol. The molecule has 0 atom stereocenters. The molecule has 0 saturated carbocycles. The summed E-state index contributed by atoms with van der Waals surface area (Å²) in [6.45, 7) is 0.475. The van der Waals surface area contributed by atoms with Crippen molar-refractivity contribution in [3.63, 3.8) is 0 Å². The molecule has 1 saturated heterocycles. The quantitative estimate of drug-likeness (QED) is 0.464. The molecular weight excluding hydrogens is 140 g/mol. The number of rotatable bonds is 0. The van der Waals surface area contributed by atoms with Gasteiger partial charge in [0.05, 0.1) is 5.75 Å². The fourth-order valence-electron chi connectivity index (χ4n) is 0.808. The smallest absolute Gasteiger partial charge is 0.226 e. The minimum atomic E-state index is -3.05. The molecule has 5 heteroatoms. The molecule has 2 N–H and O–H groups in total. The van der Waals surface area contributed by atoms with Gasteiger partial charge in [0, 0.05) is 6.54 Å². The average Bonchev–Trinajstić information content (AvgIpc) is 1.77. The molecule has 0 aliphatic carbocycles. The van der Waals surface area contributed by atoms with E-state index in [4.69, 9.17) is 5.84 Å². The van der Waals surface area contributed by atoms with Gasteiger partial charge in [0.15, 0.2) is 0 Å². The second kappa shape index (κ2) is 2.24. The normalized spacial score (nSPS) is 28.1. The molecule has 0 spiro atoms. The van der Waals surface area contributed by atoms with Crippen LogP contribution in [0.2, 0.25) is 0 Å². The average molecular weight is 150 g/mol. The molecule has 1 aliphatic rings. The summed E-state index contributed by atoms with van der Waals surface area (Å²) in [4.78, 5) is 0. The number of hydrogen-bond donors (Lipinski definition) is 1. The predicted octanol–water partition coefficient (Wildman–Crippen LogP) is -0.714. The number of hydrazine groups is 1. The lowest BCUT2D eigenvalue weighted by Crippen LogP contribution is -2.42. The molecule has 0 aromatic heterocycles. The van der Waals surface area contributed by atoms with Gasteiger partial charge in [-0.05, 0) is 12.8 Å². The van der Waals surface area contributed by atoms with Gasteiger partial charge >= 0.3 is 0 Å². The van der Waals surface area contributed by atoms with E-state index in [0.717, 1.165) is 17.3 Å². The molecule has 0 aromatic rings. The van der Waals surface area contributed by atoms with Crippen LogP contribution >= 0.6 is 0 Å². The Bertz CT molecular complexity index is 187. The largest absolute Gasteiger partial charge is 0.255 e. The zero-order valence-electron chi connectivity index (χ0n) is 5.08. The lowest BCUT2D eigenvalue weighted by molar-refractivity contribution is 0.396. The maximum Gasteiger partial charge on any atom is 0.226 e. The van der Waals surface area contributed by atoms with E-state index in [0.29, 0.717) is 6.54 Å². The first-order chi connectivity index (χ1) is 4.13. The molecule has 54 valence electrons. The van der Waals surface area contributed by atoms with Crippen LogP contribution in [0.5, 0.6) is 0 Å². The molecule has 0 amide bonds. The Kier molecular flexibility index (Phi) is 1.74. The van der Waals surface area contributed by atoms with Gasteiger partial charge in [-0.1, -0.05) is 0 Å². The van der Waals surface area contributed by atoms with Crippen LogP contribution in [-0.2, 0) is 10.0 Å². The summed E-state index contributed by atoms with van der Waals surface area (Å²) < 4.78 is 22.5. The maximum atomic E-state index is 10.8. The van der Waals surface area contributed by atoms with E-state index in [1.807, 2.05) is 0 Å². The highest BCUT2D eigenvalue weighted by Gasteiger charge is 2.21. The summed E-state index contributed by atoms with van der Waals surface area (Å²) in [6, 6.07) is 0. The van der Waals surface area contributed by atoms with Gasteiger partial charge in [-0.15, -0.1) is 4.41 Å². The Balaban J connectivity index is 2.72. The maximum absolute atomic E-state index is 10.8. The van der Waals surface area contributed by atoms with Crippen LogP contribution in [0.15, 0.2) is 0 Å². The van der Waals surface area contributed by atoms with Crippen LogP contribution in [0.3, 0.4) is 0 Å². The second-order valence-electron chi connectivity index (χ2n) is 2.13. The van der Waals surface area contributed by atoms with Crippen molar-refractivity contribution in [2.45, 2.75) is 12.8 Å². The van der Waals surface area contributed by atoms with Crippen LogP contribution in [-0.4, -0.2) is 25.1 Å². The van der Waals surface area contributed by atoms with E-state index >= 15 is 0 Å². The van der Waals surface area contributed by atoms with E-state index in [-0.39, 0.29) is 5.75 Å². The Hall–Kier alpha value is -0.130. The summed E-state index contributed by atoms with van der Waals surface area (Å²) >= 11 is 0. The van der Waals surface area contributed by atoms with E-state index in [1.165, 1.54) is 0 Å². The fraction of sp³-hybridized carbons (Fsp3) is 1.00. The van der Waals surface area contributed by atoms with Crippen molar-refractivity contribution >= 4 is 10.0 Å². The van der Waals surface area contributed by atoms with Gasteiger partial charge in [0.25, 0.3) is 0 Å². The van der Waals surface area contributed by atoms with E-state index in [9.17, 15) is 8.42 Å². The Labute approximate surface area is 54.7 Å². The first kappa shape index (κ1) is 6.98. The van der Waals surface area contributed by atoms with Gasteiger partial charge in [-0.2, -0.15) is 0 Å². The minimum Gasteiger partial charge on any atom is -0.255 e. The van der Waals surface area contributed by atoms with Crippen molar-refractivity contribution in [2.75, 3.05) is 12.3 Å². The van der Waals surface area contributed by atoms with Gasteiger partial charge in [-0.3, -0.25) is 5.84 Å². The molecule has 0 bridgehead atoms. The Morgan fingerprint density at radius 2 is 2.00 bits per heavy atom. The highest BCUT2D eigenvalue weighted by Crippen LogP contribution is 2.07. The summed E-state index contributed by atoms with van der Waals surface area (Å²) in [7, 11) is -3.05. The van der Waals surface area contributed by atoms with Crippen LogP contribution in [0, 0.1) is 0 Å². The number of sulfonamides is 1. The molecule has 0 aromatic carbocycles. The molecule has 4 nitrogen and oxygen atoms in total. The summed E-state index contributed by atoms with van der Waals surface area (Å²) in [5.41, 5.74) is 0. The third kappa shape index (κ3) is 1.41. The van der Waals surface area contributed by atoms with Gasteiger partial charge < -0.3 is 0 Å². The van der Waals surface area contributed by atoms with Crippen molar-refractivity contribution in [3.8, 4) is 0 Å². The van der Waals surface area contributed by atoms with Crippen LogP contribution in [0.1, 0.15) is 12.8 Å². The van der Waals surface area contributed by atoms with E-state index in [1.54, 1.807) is 0 Å². The summed E-state index contributed by atoms with van der Waals surface area (Å²) in [5, 5.41) is 0. The molecule has 1 heterocycles. The van der Waals surface area contributed by atoms with Crippen molar-refractivity contribution in [1.29, 1.82) is 0 Å². The zero-order chi connectivity index (χ0) is 6.91. The van der Waals surface area contributed by atoms with Crippen molar-refractivity contribution in [1.82, 2.24) is 4.41 Å². The number of nitrogens with two attached hydrogens (primary N) is 1. The molecule has 9 heavy (non-hydrogen) atoms. The zero-order valence-corrected chi connectivity index (χ0v) is 5.89.